The minimum absolute atomic E-state index is 0.106. The Morgan fingerprint density at radius 1 is 0.818 bits per heavy atom. The second-order valence-electron chi connectivity index (χ2n) is 7.22. The van der Waals surface area contributed by atoms with Crippen molar-refractivity contribution in [2.24, 2.45) is 0 Å². The van der Waals surface area contributed by atoms with E-state index in [9.17, 15) is 14.0 Å². The Kier molecular flexibility index (Phi) is 6.40. The molecule has 168 valence electrons. The molecule has 2 amide bonds. The van der Waals surface area contributed by atoms with Gasteiger partial charge >= 0.3 is 0 Å². The molecule has 0 aliphatic carbocycles. The van der Waals surface area contributed by atoms with Crippen molar-refractivity contribution < 1.29 is 23.5 Å². The lowest BCUT2D eigenvalue weighted by molar-refractivity contribution is -0.120. The van der Waals surface area contributed by atoms with E-state index in [1.54, 1.807) is 48.5 Å². The summed E-state index contributed by atoms with van der Waals surface area (Å²) in [5.74, 6) is -0.173. The molecule has 6 nitrogen and oxygen atoms in total. The SMILES string of the molecule is CCOc1ccc(N2C(=O)C(Nc3cccc(OCC)c3)=C(c3ccc(F)cc3)C2=O)cc1. The molecule has 1 N–H and O–H groups in total. The summed E-state index contributed by atoms with van der Waals surface area (Å²) in [5.41, 5.74) is 1.70. The van der Waals surface area contributed by atoms with Crippen LogP contribution in [0.2, 0.25) is 0 Å². The molecule has 0 spiro atoms. The number of nitrogens with one attached hydrogen (secondary N) is 1. The van der Waals surface area contributed by atoms with Crippen molar-refractivity contribution in [2.75, 3.05) is 23.4 Å². The Morgan fingerprint density at radius 2 is 1.48 bits per heavy atom. The van der Waals surface area contributed by atoms with Crippen LogP contribution in [0.4, 0.5) is 15.8 Å². The van der Waals surface area contributed by atoms with Crippen LogP contribution < -0.4 is 19.7 Å². The van der Waals surface area contributed by atoms with Gasteiger partial charge in [-0.1, -0.05) is 18.2 Å². The minimum Gasteiger partial charge on any atom is -0.494 e. The van der Waals surface area contributed by atoms with Crippen LogP contribution in [-0.4, -0.2) is 25.0 Å². The summed E-state index contributed by atoms with van der Waals surface area (Å²) in [6.45, 7) is 4.75. The van der Waals surface area contributed by atoms with Gasteiger partial charge in [-0.25, -0.2) is 9.29 Å². The highest BCUT2D eigenvalue weighted by atomic mass is 19.1. The molecule has 0 fully saturated rings. The van der Waals surface area contributed by atoms with Gasteiger partial charge in [-0.15, -0.1) is 0 Å². The van der Waals surface area contributed by atoms with E-state index >= 15 is 0 Å². The highest BCUT2D eigenvalue weighted by Crippen LogP contribution is 2.35. The fourth-order valence-corrected chi connectivity index (χ4v) is 3.60. The lowest BCUT2D eigenvalue weighted by Crippen LogP contribution is -2.32. The third-order valence-corrected chi connectivity index (χ3v) is 5.04. The maximum Gasteiger partial charge on any atom is 0.282 e. The van der Waals surface area contributed by atoms with E-state index in [2.05, 4.69) is 5.32 Å². The first-order valence-corrected chi connectivity index (χ1v) is 10.6. The van der Waals surface area contributed by atoms with Gasteiger partial charge in [0.05, 0.1) is 24.5 Å². The summed E-state index contributed by atoms with van der Waals surface area (Å²) in [5, 5.41) is 3.08. The molecule has 0 saturated heterocycles. The average Bonchev–Trinajstić information content (AvgIpc) is 3.05. The zero-order chi connectivity index (χ0) is 23.4. The quantitative estimate of drug-likeness (QED) is 0.492. The highest BCUT2D eigenvalue weighted by Gasteiger charge is 2.40. The summed E-state index contributed by atoms with van der Waals surface area (Å²) < 4.78 is 24.5. The van der Waals surface area contributed by atoms with Gasteiger partial charge in [0.15, 0.2) is 0 Å². The fraction of sp³-hybridized carbons (Fsp3) is 0.154. The summed E-state index contributed by atoms with van der Waals surface area (Å²) in [6.07, 6.45) is 0. The van der Waals surface area contributed by atoms with Crippen LogP contribution in [0.25, 0.3) is 5.57 Å². The van der Waals surface area contributed by atoms with Gasteiger partial charge in [0.1, 0.15) is 23.0 Å². The van der Waals surface area contributed by atoms with Gasteiger partial charge in [-0.05, 0) is 67.9 Å². The molecule has 1 aliphatic rings. The van der Waals surface area contributed by atoms with E-state index in [1.807, 2.05) is 13.8 Å². The first-order chi connectivity index (χ1) is 16.0. The maximum atomic E-state index is 13.5. The van der Waals surface area contributed by atoms with Crippen LogP contribution in [0.5, 0.6) is 11.5 Å². The van der Waals surface area contributed by atoms with E-state index in [1.165, 1.54) is 24.3 Å². The van der Waals surface area contributed by atoms with Gasteiger partial charge in [-0.3, -0.25) is 9.59 Å². The molecule has 0 radical (unpaired) electrons. The number of carbonyl (C=O) groups is 2. The minimum atomic E-state index is -0.509. The summed E-state index contributed by atoms with van der Waals surface area (Å²) in [4.78, 5) is 28.0. The largest absolute Gasteiger partial charge is 0.494 e. The number of halogens is 1. The lowest BCUT2D eigenvalue weighted by atomic mass is 10.0. The van der Waals surface area contributed by atoms with Crippen LogP contribution >= 0.6 is 0 Å². The number of anilines is 2. The Balaban J connectivity index is 1.74. The molecular weight excluding hydrogens is 423 g/mol. The number of ether oxygens (including phenoxy) is 2. The van der Waals surface area contributed by atoms with Crippen molar-refractivity contribution in [3.05, 3.63) is 89.9 Å². The van der Waals surface area contributed by atoms with Crippen molar-refractivity contribution in [3.63, 3.8) is 0 Å². The molecule has 0 saturated carbocycles. The molecule has 4 rings (SSSR count). The van der Waals surface area contributed by atoms with Gasteiger partial charge in [-0.2, -0.15) is 0 Å². The summed E-state index contributed by atoms with van der Waals surface area (Å²) in [7, 11) is 0. The number of rotatable bonds is 8. The molecule has 1 heterocycles. The third kappa shape index (κ3) is 4.57. The number of amides is 2. The number of imide groups is 1. The van der Waals surface area contributed by atoms with E-state index in [4.69, 9.17) is 9.47 Å². The summed E-state index contributed by atoms with van der Waals surface area (Å²) >= 11 is 0. The van der Waals surface area contributed by atoms with Crippen LogP contribution in [-0.2, 0) is 9.59 Å². The molecule has 0 unspecified atom stereocenters. The van der Waals surface area contributed by atoms with E-state index in [0.717, 1.165) is 4.90 Å². The lowest BCUT2D eigenvalue weighted by Gasteiger charge is -2.16. The van der Waals surface area contributed by atoms with Crippen LogP contribution in [0.1, 0.15) is 19.4 Å². The van der Waals surface area contributed by atoms with Crippen molar-refractivity contribution in [1.82, 2.24) is 0 Å². The predicted octanol–water partition coefficient (Wildman–Crippen LogP) is 5.02. The van der Waals surface area contributed by atoms with E-state index < -0.39 is 17.6 Å². The second kappa shape index (κ2) is 9.56. The maximum absolute atomic E-state index is 13.5. The van der Waals surface area contributed by atoms with E-state index in [0.29, 0.717) is 41.7 Å². The first kappa shape index (κ1) is 22.1. The fourth-order valence-electron chi connectivity index (χ4n) is 3.60. The number of hydrogen-bond donors (Lipinski definition) is 1. The van der Waals surface area contributed by atoms with Crippen molar-refractivity contribution in [1.29, 1.82) is 0 Å². The van der Waals surface area contributed by atoms with Gasteiger partial charge in [0, 0.05) is 11.8 Å². The van der Waals surface area contributed by atoms with Crippen LogP contribution in [0.15, 0.2) is 78.5 Å². The zero-order valence-corrected chi connectivity index (χ0v) is 18.3. The molecule has 1 aliphatic heterocycles. The number of hydrogen-bond acceptors (Lipinski definition) is 5. The highest BCUT2D eigenvalue weighted by molar-refractivity contribution is 6.46. The Bertz CT molecular complexity index is 1200. The smallest absolute Gasteiger partial charge is 0.282 e. The topological polar surface area (TPSA) is 67.9 Å². The second-order valence-corrected chi connectivity index (χ2v) is 7.22. The number of carbonyl (C=O) groups excluding carboxylic acids is 2. The molecule has 7 heteroatoms. The molecule has 0 bridgehead atoms. The summed E-state index contributed by atoms with van der Waals surface area (Å²) in [6, 6.07) is 19.3. The van der Waals surface area contributed by atoms with Gasteiger partial charge in [0.25, 0.3) is 11.8 Å². The molecule has 0 atom stereocenters. The predicted molar refractivity (Wildman–Crippen MR) is 125 cm³/mol. The van der Waals surface area contributed by atoms with Crippen molar-refractivity contribution in [3.8, 4) is 11.5 Å². The van der Waals surface area contributed by atoms with Crippen molar-refractivity contribution in [2.45, 2.75) is 13.8 Å². The molecular formula is C26H23FN2O4. The van der Waals surface area contributed by atoms with Crippen LogP contribution in [0, 0.1) is 5.82 Å². The van der Waals surface area contributed by atoms with E-state index in [-0.39, 0.29) is 11.3 Å². The standard InChI is InChI=1S/C26H23FN2O4/c1-3-32-21-14-12-20(13-15-21)29-25(30)23(17-8-10-18(27)11-9-17)24(26(29)31)28-19-6-5-7-22(16-19)33-4-2/h5-16,28H,3-4H2,1-2H3. The Morgan fingerprint density at radius 3 is 2.15 bits per heavy atom. The monoisotopic (exact) mass is 446 g/mol. The van der Waals surface area contributed by atoms with Gasteiger partial charge < -0.3 is 14.8 Å². The van der Waals surface area contributed by atoms with Gasteiger partial charge in [0.2, 0.25) is 0 Å². The van der Waals surface area contributed by atoms with Crippen LogP contribution in [0.3, 0.4) is 0 Å². The average molecular weight is 446 g/mol. The normalized spacial score (nSPS) is 13.5. The van der Waals surface area contributed by atoms with Crippen molar-refractivity contribution >= 4 is 28.8 Å². The Hall–Kier alpha value is -4.13. The first-order valence-electron chi connectivity index (χ1n) is 10.6. The molecule has 3 aromatic carbocycles. The number of nitrogens with zero attached hydrogens (tertiary/aromatic N) is 1. The molecule has 3 aromatic rings. The molecule has 33 heavy (non-hydrogen) atoms. The Labute approximate surface area is 191 Å². The number of benzene rings is 3. The zero-order valence-electron chi connectivity index (χ0n) is 18.3. The molecule has 0 aromatic heterocycles. The third-order valence-electron chi connectivity index (χ3n) is 5.04.